The molecule has 0 aliphatic heterocycles. The second kappa shape index (κ2) is 2.98. The van der Waals surface area contributed by atoms with Gasteiger partial charge in [0.1, 0.15) is 0 Å². The van der Waals surface area contributed by atoms with Crippen LogP contribution in [0.2, 0.25) is 0 Å². The van der Waals surface area contributed by atoms with Gasteiger partial charge in [-0.25, -0.2) is 0 Å². The Hall–Kier alpha value is 0.440. The second-order valence-corrected chi connectivity index (χ2v) is 5.62. The predicted molar refractivity (Wildman–Crippen MR) is 53.4 cm³/mol. The first kappa shape index (κ1) is 9.01. The summed E-state index contributed by atoms with van der Waals surface area (Å²) in [4.78, 5) is 0. The number of hydrogen-bond donors (Lipinski definition) is 1. The summed E-state index contributed by atoms with van der Waals surface area (Å²) in [5.74, 6) is 1.56. The van der Waals surface area contributed by atoms with E-state index < -0.39 is 0 Å². The summed E-state index contributed by atoms with van der Waals surface area (Å²) in [6.45, 7) is 2.07. The lowest BCUT2D eigenvalue weighted by molar-refractivity contribution is 0.153. The van der Waals surface area contributed by atoms with Crippen molar-refractivity contribution in [3.05, 3.63) is 0 Å². The van der Waals surface area contributed by atoms with Gasteiger partial charge in [-0.05, 0) is 31.1 Å². The molecule has 2 fully saturated rings. The van der Waals surface area contributed by atoms with E-state index in [4.69, 9.17) is 0 Å². The minimum absolute atomic E-state index is 0.120. The van der Waals surface area contributed by atoms with Gasteiger partial charge in [0, 0.05) is 0 Å². The predicted octanol–water partition coefficient (Wildman–Crippen LogP) is 2.71. The summed E-state index contributed by atoms with van der Waals surface area (Å²) >= 11 is 3.76. The van der Waals surface area contributed by atoms with Crippen LogP contribution in [0.5, 0.6) is 0 Å². The molecule has 0 aromatic heterocycles. The first-order valence-electron chi connectivity index (χ1n) is 5.08. The normalized spacial score (nSPS) is 48.2. The molecule has 3 atom stereocenters. The lowest BCUT2D eigenvalue weighted by Gasteiger charge is -2.15. The molecular weight excluding hydrogens is 216 g/mol. The fourth-order valence-electron chi connectivity index (χ4n) is 2.90. The maximum atomic E-state index is 9.84. The summed E-state index contributed by atoms with van der Waals surface area (Å²) in [7, 11) is 0. The molecule has 2 aliphatic rings. The largest absolute Gasteiger partial charge is 0.392 e. The highest BCUT2D eigenvalue weighted by Crippen LogP contribution is 2.65. The zero-order chi connectivity index (χ0) is 8.77. The Balaban J connectivity index is 2.05. The number of fused-ring (bicyclic) bond motifs is 1. The number of rotatable bonds is 2. The fraction of sp³-hybridized carbons (Fsp3) is 1.00. The summed E-state index contributed by atoms with van der Waals surface area (Å²) < 4.78 is 0.123. The monoisotopic (exact) mass is 232 g/mol. The van der Waals surface area contributed by atoms with Crippen molar-refractivity contribution in [3.8, 4) is 0 Å². The van der Waals surface area contributed by atoms with Gasteiger partial charge in [-0.3, -0.25) is 0 Å². The van der Waals surface area contributed by atoms with Crippen LogP contribution in [0.3, 0.4) is 0 Å². The average molecular weight is 233 g/mol. The van der Waals surface area contributed by atoms with Crippen LogP contribution in [0, 0.1) is 11.8 Å². The molecule has 2 rings (SSSR count). The topological polar surface area (TPSA) is 20.2 Å². The van der Waals surface area contributed by atoms with E-state index in [1.54, 1.807) is 0 Å². The van der Waals surface area contributed by atoms with Gasteiger partial charge < -0.3 is 5.11 Å². The summed E-state index contributed by atoms with van der Waals surface area (Å²) in [5, 5.41) is 9.84. The van der Waals surface area contributed by atoms with Gasteiger partial charge in [0.2, 0.25) is 0 Å². The summed E-state index contributed by atoms with van der Waals surface area (Å²) in [5.41, 5.74) is 0. The molecule has 0 saturated heterocycles. The minimum Gasteiger partial charge on any atom is -0.392 e. The van der Waals surface area contributed by atoms with Gasteiger partial charge in [0.15, 0.2) is 0 Å². The SMILES string of the molecule is CCC(O)C1(Br)C2CCCCC21. The van der Waals surface area contributed by atoms with Crippen molar-refractivity contribution in [3.63, 3.8) is 0 Å². The third-order valence-electron chi connectivity index (χ3n) is 3.69. The Morgan fingerprint density at radius 1 is 1.42 bits per heavy atom. The molecule has 12 heavy (non-hydrogen) atoms. The first-order valence-corrected chi connectivity index (χ1v) is 5.87. The van der Waals surface area contributed by atoms with Gasteiger partial charge in [0.25, 0.3) is 0 Å². The molecule has 2 saturated carbocycles. The van der Waals surface area contributed by atoms with E-state index in [1.807, 2.05) is 0 Å². The molecule has 0 amide bonds. The van der Waals surface area contributed by atoms with E-state index in [2.05, 4.69) is 22.9 Å². The fourth-order valence-corrected chi connectivity index (χ4v) is 4.19. The Kier molecular flexibility index (Phi) is 2.24. The zero-order valence-electron chi connectivity index (χ0n) is 7.59. The van der Waals surface area contributed by atoms with Crippen molar-refractivity contribution in [2.45, 2.75) is 49.5 Å². The maximum absolute atomic E-state index is 9.84. The van der Waals surface area contributed by atoms with Crippen LogP contribution in [-0.4, -0.2) is 15.5 Å². The smallest absolute Gasteiger partial charge is 0.0696 e. The third-order valence-corrected chi connectivity index (χ3v) is 5.40. The van der Waals surface area contributed by atoms with Crippen LogP contribution in [0.1, 0.15) is 39.0 Å². The molecule has 0 aromatic rings. The molecule has 70 valence electrons. The summed E-state index contributed by atoms with van der Waals surface area (Å²) in [6.07, 6.45) is 6.15. The van der Waals surface area contributed by atoms with E-state index in [0.29, 0.717) is 0 Å². The standard InChI is InChI=1S/C10H17BrO/c1-2-9(12)10(11)7-5-3-4-6-8(7)10/h7-9,12H,2-6H2,1H3. The maximum Gasteiger partial charge on any atom is 0.0696 e. The molecule has 0 aromatic carbocycles. The van der Waals surface area contributed by atoms with Crippen molar-refractivity contribution in [1.29, 1.82) is 0 Å². The molecule has 1 N–H and O–H groups in total. The van der Waals surface area contributed by atoms with E-state index in [0.717, 1.165) is 18.3 Å². The Bertz CT molecular complexity index is 169. The molecule has 0 spiro atoms. The minimum atomic E-state index is -0.120. The first-order chi connectivity index (χ1) is 5.71. The lowest BCUT2D eigenvalue weighted by Crippen LogP contribution is -2.24. The molecule has 3 unspecified atom stereocenters. The van der Waals surface area contributed by atoms with E-state index in [1.165, 1.54) is 25.7 Å². The number of alkyl halides is 1. The van der Waals surface area contributed by atoms with Gasteiger partial charge in [0.05, 0.1) is 10.4 Å². The van der Waals surface area contributed by atoms with E-state index in [9.17, 15) is 5.11 Å². The third kappa shape index (κ3) is 1.07. The van der Waals surface area contributed by atoms with E-state index >= 15 is 0 Å². The van der Waals surface area contributed by atoms with Crippen LogP contribution in [-0.2, 0) is 0 Å². The molecule has 0 radical (unpaired) electrons. The summed E-state index contributed by atoms with van der Waals surface area (Å²) in [6, 6.07) is 0. The number of halogens is 1. The van der Waals surface area contributed by atoms with Gasteiger partial charge in [-0.2, -0.15) is 0 Å². The molecule has 1 nitrogen and oxygen atoms in total. The van der Waals surface area contributed by atoms with E-state index in [-0.39, 0.29) is 10.4 Å². The highest BCUT2D eigenvalue weighted by molar-refractivity contribution is 9.10. The Morgan fingerprint density at radius 3 is 2.33 bits per heavy atom. The second-order valence-electron chi connectivity index (χ2n) is 4.25. The Morgan fingerprint density at radius 2 is 1.92 bits per heavy atom. The van der Waals surface area contributed by atoms with Gasteiger partial charge in [-0.15, -0.1) is 0 Å². The zero-order valence-corrected chi connectivity index (χ0v) is 9.18. The molecule has 0 bridgehead atoms. The molecule has 0 heterocycles. The van der Waals surface area contributed by atoms with Crippen LogP contribution < -0.4 is 0 Å². The van der Waals surface area contributed by atoms with Crippen LogP contribution >= 0.6 is 15.9 Å². The van der Waals surface area contributed by atoms with Crippen molar-refractivity contribution in [1.82, 2.24) is 0 Å². The number of hydrogen-bond acceptors (Lipinski definition) is 1. The average Bonchev–Trinajstić information content (AvgIpc) is 2.74. The van der Waals surface area contributed by atoms with Crippen molar-refractivity contribution < 1.29 is 5.11 Å². The van der Waals surface area contributed by atoms with Crippen LogP contribution in [0.25, 0.3) is 0 Å². The number of aliphatic hydroxyl groups excluding tert-OH is 1. The van der Waals surface area contributed by atoms with Crippen molar-refractivity contribution in [2.24, 2.45) is 11.8 Å². The Labute approximate surface area is 82.7 Å². The van der Waals surface area contributed by atoms with Crippen molar-refractivity contribution in [2.75, 3.05) is 0 Å². The van der Waals surface area contributed by atoms with Gasteiger partial charge >= 0.3 is 0 Å². The van der Waals surface area contributed by atoms with Crippen LogP contribution in [0.4, 0.5) is 0 Å². The highest BCUT2D eigenvalue weighted by Gasteiger charge is 2.65. The molecular formula is C10H17BrO. The quantitative estimate of drug-likeness (QED) is 0.727. The highest BCUT2D eigenvalue weighted by atomic mass is 79.9. The lowest BCUT2D eigenvalue weighted by atomic mass is 10.0. The van der Waals surface area contributed by atoms with Gasteiger partial charge in [-0.1, -0.05) is 35.7 Å². The number of aliphatic hydroxyl groups is 1. The molecule has 2 heteroatoms. The van der Waals surface area contributed by atoms with Crippen molar-refractivity contribution >= 4 is 15.9 Å². The van der Waals surface area contributed by atoms with Crippen LogP contribution in [0.15, 0.2) is 0 Å². The molecule has 2 aliphatic carbocycles.